The van der Waals surface area contributed by atoms with Crippen molar-refractivity contribution < 1.29 is 4.74 Å². The van der Waals surface area contributed by atoms with Crippen molar-refractivity contribution in [2.45, 2.75) is 24.5 Å². The monoisotopic (exact) mass is 395 g/mol. The number of piperidine rings is 1. The average molecular weight is 396 g/mol. The molecule has 2 aromatic rings. The van der Waals surface area contributed by atoms with E-state index in [9.17, 15) is 0 Å². The van der Waals surface area contributed by atoms with Crippen LogP contribution >= 0.6 is 35.8 Å². The Morgan fingerprint density at radius 3 is 2.60 bits per heavy atom. The van der Waals surface area contributed by atoms with Crippen molar-refractivity contribution in [2.24, 2.45) is 0 Å². The molecule has 2 nitrogen and oxygen atoms in total. The molecule has 25 heavy (non-hydrogen) atoms. The molecule has 0 N–H and O–H groups in total. The second-order valence-electron chi connectivity index (χ2n) is 6.45. The summed E-state index contributed by atoms with van der Waals surface area (Å²) in [5.74, 6) is 2.90. The minimum Gasteiger partial charge on any atom is -0.455 e. The highest BCUT2D eigenvalue weighted by molar-refractivity contribution is 7.99. The topological polar surface area (TPSA) is 12.5 Å². The average Bonchev–Trinajstić information content (AvgIpc) is 2.63. The lowest BCUT2D eigenvalue weighted by Gasteiger charge is -2.30. The Morgan fingerprint density at radius 2 is 1.76 bits per heavy atom. The van der Waals surface area contributed by atoms with Gasteiger partial charge in [-0.2, -0.15) is 0 Å². The van der Waals surface area contributed by atoms with Gasteiger partial charge in [0.15, 0.2) is 5.75 Å². The maximum atomic E-state index is 6.39. The van der Waals surface area contributed by atoms with Crippen LogP contribution in [0.15, 0.2) is 42.5 Å². The molecule has 2 aliphatic heterocycles. The number of benzene rings is 2. The molecule has 2 aromatic carbocycles. The summed E-state index contributed by atoms with van der Waals surface area (Å²) in [6.07, 6.45) is 4.09. The molecular formula is C20H23Cl2NOS. The maximum Gasteiger partial charge on any atom is 0.150 e. The van der Waals surface area contributed by atoms with Gasteiger partial charge in [0, 0.05) is 23.4 Å². The summed E-state index contributed by atoms with van der Waals surface area (Å²) in [6.45, 7) is 3.68. The van der Waals surface area contributed by atoms with E-state index < -0.39 is 0 Å². The van der Waals surface area contributed by atoms with E-state index in [4.69, 9.17) is 16.3 Å². The van der Waals surface area contributed by atoms with Crippen LogP contribution in [0.3, 0.4) is 0 Å². The van der Waals surface area contributed by atoms with Gasteiger partial charge in [-0.15, -0.1) is 24.2 Å². The minimum absolute atomic E-state index is 0. The third-order valence-electron chi connectivity index (χ3n) is 4.83. The minimum atomic E-state index is 0. The van der Waals surface area contributed by atoms with Gasteiger partial charge in [-0.1, -0.05) is 48.4 Å². The highest BCUT2D eigenvalue weighted by atomic mass is 35.5. The first-order chi connectivity index (χ1) is 11.8. The third-order valence-corrected chi connectivity index (χ3v) is 6.39. The van der Waals surface area contributed by atoms with Crippen LogP contribution in [0, 0.1) is 0 Å². The smallest absolute Gasteiger partial charge is 0.150 e. The summed E-state index contributed by atoms with van der Waals surface area (Å²) >= 11 is 8.39. The van der Waals surface area contributed by atoms with Crippen molar-refractivity contribution in [2.75, 3.05) is 25.4 Å². The maximum absolute atomic E-state index is 6.39. The summed E-state index contributed by atoms with van der Waals surface area (Å²) in [5, 5.41) is 0.997. The van der Waals surface area contributed by atoms with Crippen LogP contribution in [0.2, 0.25) is 5.02 Å². The van der Waals surface area contributed by atoms with E-state index in [1.807, 2.05) is 36.0 Å². The Balaban J connectivity index is 0.00000182. The molecule has 4 rings (SSSR count). The van der Waals surface area contributed by atoms with E-state index in [-0.39, 0.29) is 12.4 Å². The number of hydrogen-bond acceptors (Lipinski definition) is 3. The molecule has 0 aliphatic carbocycles. The van der Waals surface area contributed by atoms with Gasteiger partial charge < -0.3 is 9.64 Å². The van der Waals surface area contributed by atoms with Gasteiger partial charge in [0.2, 0.25) is 0 Å². The zero-order valence-electron chi connectivity index (χ0n) is 14.1. The predicted molar refractivity (Wildman–Crippen MR) is 110 cm³/mol. The van der Waals surface area contributed by atoms with E-state index in [0.717, 1.165) is 17.3 Å². The SMILES string of the molecule is Cl.Clc1cccc2c1Oc1ccccc1C2SCCN1CCCCC1. The molecule has 0 bridgehead atoms. The Morgan fingerprint density at radius 1 is 1.00 bits per heavy atom. The number of rotatable bonds is 4. The predicted octanol–water partition coefficient (Wildman–Crippen LogP) is 6.18. The molecule has 2 aliphatic rings. The van der Waals surface area contributed by atoms with Crippen LogP contribution in [-0.4, -0.2) is 30.3 Å². The van der Waals surface area contributed by atoms with Gasteiger partial charge in [0.25, 0.3) is 0 Å². The molecule has 1 saturated heterocycles. The van der Waals surface area contributed by atoms with Gasteiger partial charge in [-0.3, -0.25) is 0 Å². The fourth-order valence-corrected chi connectivity index (χ4v) is 5.13. The lowest BCUT2D eigenvalue weighted by atomic mass is 10.00. The Labute approximate surface area is 165 Å². The Hall–Kier alpha value is -0.870. The van der Waals surface area contributed by atoms with Crippen LogP contribution in [0.25, 0.3) is 0 Å². The number of hydrogen-bond donors (Lipinski definition) is 0. The number of likely N-dealkylation sites (tertiary alicyclic amines) is 1. The molecule has 0 saturated carbocycles. The molecule has 0 spiro atoms. The highest BCUT2D eigenvalue weighted by Gasteiger charge is 2.28. The second-order valence-corrected chi connectivity index (χ2v) is 8.07. The van der Waals surface area contributed by atoms with Crippen molar-refractivity contribution in [3.05, 3.63) is 58.6 Å². The van der Waals surface area contributed by atoms with Gasteiger partial charge in [0.05, 0.1) is 10.3 Å². The standard InChI is InChI=1S/C20H22ClNOS.ClH/c21-17-9-6-8-16-19(17)23-18-10-3-2-7-15(18)20(16)24-14-13-22-11-4-1-5-12-22;/h2-3,6-10,20H,1,4-5,11-14H2;1H. The molecule has 0 amide bonds. The number of ether oxygens (including phenoxy) is 1. The van der Waals surface area contributed by atoms with Gasteiger partial charge in [0.1, 0.15) is 5.75 Å². The van der Waals surface area contributed by atoms with Crippen LogP contribution in [0.1, 0.15) is 35.6 Å². The first kappa shape index (κ1) is 18.9. The van der Waals surface area contributed by atoms with E-state index in [1.54, 1.807) is 0 Å². The zero-order valence-corrected chi connectivity index (χ0v) is 16.5. The van der Waals surface area contributed by atoms with Gasteiger partial charge in [-0.05, 0) is 38.1 Å². The molecule has 2 heterocycles. The number of halogens is 2. The Bertz CT molecular complexity index is 719. The van der Waals surface area contributed by atoms with Crippen molar-refractivity contribution in [1.29, 1.82) is 0 Å². The molecule has 0 radical (unpaired) electrons. The molecule has 1 fully saturated rings. The fraction of sp³-hybridized carbons (Fsp3) is 0.400. The van der Waals surface area contributed by atoms with E-state index in [2.05, 4.69) is 23.1 Å². The van der Waals surface area contributed by atoms with Gasteiger partial charge in [-0.25, -0.2) is 0 Å². The third kappa shape index (κ3) is 4.11. The van der Waals surface area contributed by atoms with E-state index >= 15 is 0 Å². The summed E-state index contributed by atoms with van der Waals surface area (Å²) in [4.78, 5) is 2.60. The van der Waals surface area contributed by atoms with E-state index in [1.165, 1.54) is 50.0 Å². The molecule has 5 heteroatoms. The lowest BCUT2D eigenvalue weighted by molar-refractivity contribution is 0.242. The van der Waals surface area contributed by atoms with Crippen LogP contribution in [0.4, 0.5) is 0 Å². The molecule has 0 aromatic heterocycles. The van der Waals surface area contributed by atoms with Crippen molar-refractivity contribution >= 4 is 35.8 Å². The highest BCUT2D eigenvalue weighted by Crippen LogP contribution is 2.51. The summed E-state index contributed by atoms with van der Waals surface area (Å²) in [7, 11) is 0. The summed E-state index contributed by atoms with van der Waals surface area (Å²) in [5.41, 5.74) is 2.46. The van der Waals surface area contributed by atoms with Crippen LogP contribution in [-0.2, 0) is 0 Å². The quantitative estimate of drug-likeness (QED) is 0.613. The van der Waals surface area contributed by atoms with E-state index in [0.29, 0.717) is 10.3 Å². The molecule has 1 unspecified atom stereocenters. The van der Waals surface area contributed by atoms with Crippen LogP contribution in [0.5, 0.6) is 11.5 Å². The molecular weight excluding hydrogens is 373 g/mol. The van der Waals surface area contributed by atoms with Crippen molar-refractivity contribution in [3.63, 3.8) is 0 Å². The molecule has 134 valence electrons. The molecule has 1 atom stereocenters. The van der Waals surface area contributed by atoms with Gasteiger partial charge >= 0.3 is 0 Å². The second kappa shape index (κ2) is 8.68. The number of para-hydroxylation sites is 2. The lowest BCUT2D eigenvalue weighted by Crippen LogP contribution is -2.31. The Kier molecular flexibility index (Phi) is 6.56. The van der Waals surface area contributed by atoms with Crippen molar-refractivity contribution in [1.82, 2.24) is 4.90 Å². The summed E-state index contributed by atoms with van der Waals surface area (Å²) in [6, 6.07) is 14.4. The number of thioether (sulfide) groups is 1. The number of nitrogens with zero attached hydrogens (tertiary/aromatic N) is 1. The number of fused-ring (bicyclic) bond motifs is 2. The first-order valence-electron chi connectivity index (χ1n) is 8.72. The normalized spacial score (nSPS) is 19.3. The van der Waals surface area contributed by atoms with Crippen molar-refractivity contribution in [3.8, 4) is 11.5 Å². The largest absolute Gasteiger partial charge is 0.455 e. The van der Waals surface area contributed by atoms with Crippen LogP contribution < -0.4 is 4.74 Å². The first-order valence-corrected chi connectivity index (χ1v) is 10.1. The summed E-state index contributed by atoms with van der Waals surface area (Å²) < 4.78 is 6.08. The fourth-order valence-electron chi connectivity index (χ4n) is 3.57. The zero-order chi connectivity index (χ0) is 16.4.